The van der Waals surface area contributed by atoms with Gasteiger partial charge in [0.1, 0.15) is 5.02 Å². The van der Waals surface area contributed by atoms with E-state index in [1.165, 1.54) is 0 Å². The molecule has 1 aromatic rings. The maximum Gasteiger partial charge on any atom is 0.185 e. The van der Waals surface area contributed by atoms with Crippen molar-refractivity contribution in [2.45, 2.75) is 6.92 Å². The highest BCUT2D eigenvalue weighted by molar-refractivity contribution is 6.43. The Labute approximate surface area is 74.2 Å². The summed E-state index contributed by atoms with van der Waals surface area (Å²) in [7, 11) is 0. The van der Waals surface area contributed by atoms with Crippen LogP contribution in [0.5, 0.6) is 5.75 Å². The Morgan fingerprint density at radius 1 is 1.27 bits per heavy atom. The van der Waals surface area contributed by atoms with E-state index in [0.717, 1.165) is 5.56 Å². The first kappa shape index (κ1) is 8.65. The Morgan fingerprint density at radius 3 is 2.45 bits per heavy atom. The lowest BCUT2D eigenvalue weighted by molar-refractivity contribution is -0.137. The fourth-order valence-electron chi connectivity index (χ4n) is 0.699. The summed E-state index contributed by atoms with van der Waals surface area (Å²) in [6, 6.07) is 3.25. The monoisotopic (exact) mass is 192 g/mol. The van der Waals surface area contributed by atoms with Crippen molar-refractivity contribution in [3.8, 4) is 5.75 Å². The molecule has 0 radical (unpaired) electrons. The van der Waals surface area contributed by atoms with Crippen LogP contribution < -0.4 is 4.89 Å². The lowest BCUT2D eigenvalue weighted by Gasteiger charge is -2.03. The molecule has 0 aromatic heterocycles. The zero-order valence-electron chi connectivity index (χ0n) is 5.77. The molecule has 0 aliphatic carbocycles. The van der Waals surface area contributed by atoms with Crippen molar-refractivity contribution in [3.63, 3.8) is 0 Å². The van der Waals surface area contributed by atoms with Crippen LogP contribution in [0.4, 0.5) is 0 Å². The van der Waals surface area contributed by atoms with Crippen molar-refractivity contribution in [2.24, 2.45) is 0 Å². The third kappa shape index (κ3) is 1.59. The Kier molecular flexibility index (Phi) is 2.60. The molecule has 11 heavy (non-hydrogen) atoms. The summed E-state index contributed by atoms with van der Waals surface area (Å²) in [4.78, 5) is 3.96. The van der Waals surface area contributed by atoms with E-state index in [1.54, 1.807) is 12.1 Å². The molecule has 0 bridgehead atoms. The molecule has 1 rings (SSSR count). The van der Waals surface area contributed by atoms with Gasteiger partial charge in [0.05, 0.1) is 5.02 Å². The van der Waals surface area contributed by atoms with Crippen LogP contribution in [-0.4, -0.2) is 5.26 Å². The molecule has 0 aliphatic heterocycles. The van der Waals surface area contributed by atoms with Crippen molar-refractivity contribution >= 4 is 23.2 Å². The second-order valence-corrected chi connectivity index (χ2v) is 2.86. The summed E-state index contributed by atoms with van der Waals surface area (Å²) in [5, 5.41) is 8.92. The fraction of sp³-hybridized carbons (Fsp3) is 0.143. The first-order valence-corrected chi connectivity index (χ1v) is 3.68. The first-order valence-electron chi connectivity index (χ1n) is 2.93. The molecule has 0 saturated heterocycles. The van der Waals surface area contributed by atoms with E-state index in [2.05, 4.69) is 4.89 Å². The minimum absolute atomic E-state index is 0.169. The molecule has 0 atom stereocenters. The molecule has 1 aromatic carbocycles. The van der Waals surface area contributed by atoms with Crippen molar-refractivity contribution < 1.29 is 10.1 Å². The normalized spacial score (nSPS) is 9.82. The topological polar surface area (TPSA) is 29.5 Å². The quantitative estimate of drug-likeness (QED) is 0.548. The number of hydrogen-bond donors (Lipinski definition) is 1. The van der Waals surface area contributed by atoms with E-state index in [4.69, 9.17) is 28.5 Å². The van der Waals surface area contributed by atoms with Gasteiger partial charge in [-0.2, -0.15) is 0 Å². The minimum Gasteiger partial charge on any atom is -0.339 e. The lowest BCUT2D eigenvalue weighted by Crippen LogP contribution is -1.86. The van der Waals surface area contributed by atoms with E-state index >= 15 is 0 Å². The Morgan fingerprint density at radius 2 is 1.91 bits per heavy atom. The summed E-state index contributed by atoms with van der Waals surface area (Å²) in [5.41, 5.74) is 0.845. The minimum atomic E-state index is 0.169. The smallest absolute Gasteiger partial charge is 0.185 e. The molecule has 0 heterocycles. The summed E-state index contributed by atoms with van der Waals surface area (Å²) >= 11 is 11.4. The van der Waals surface area contributed by atoms with Crippen molar-refractivity contribution in [3.05, 3.63) is 27.7 Å². The third-order valence-corrected chi connectivity index (χ3v) is 2.30. The molecule has 60 valence electrons. The zero-order valence-corrected chi connectivity index (χ0v) is 7.28. The van der Waals surface area contributed by atoms with E-state index in [9.17, 15) is 0 Å². The molecule has 2 nitrogen and oxygen atoms in total. The average molecular weight is 193 g/mol. The average Bonchev–Trinajstić information content (AvgIpc) is 2.01. The standard InChI is InChI=1S/C7H6Cl2O2/c1-4-2-3-5(11-10)7(9)6(4)8/h2-3,10H,1H3. The van der Waals surface area contributed by atoms with Crippen LogP contribution in [0.2, 0.25) is 10.0 Å². The van der Waals surface area contributed by atoms with E-state index in [-0.39, 0.29) is 10.8 Å². The van der Waals surface area contributed by atoms with Gasteiger partial charge in [-0.1, -0.05) is 29.3 Å². The summed E-state index contributed by atoms with van der Waals surface area (Å²) in [6.07, 6.45) is 0. The van der Waals surface area contributed by atoms with Crippen LogP contribution in [0, 0.1) is 6.92 Å². The number of benzene rings is 1. The second-order valence-electron chi connectivity index (χ2n) is 2.10. The van der Waals surface area contributed by atoms with Gasteiger partial charge in [0.25, 0.3) is 0 Å². The Balaban J connectivity index is 3.25. The molecule has 0 spiro atoms. The van der Waals surface area contributed by atoms with Gasteiger partial charge in [-0.3, -0.25) is 0 Å². The molecular formula is C7H6Cl2O2. The molecule has 0 aliphatic rings. The molecule has 1 N–H and O–H groups in total. The van der Waals surface area contributed by atoms with Crippen molar-refractivity contribution in [2.75, 3.05) is 0 Å². The fourth-order valence-corrected chi connectivity index (χ4v) is 1.10. The van der Waals surface area contributed by atoms with Gasteiger partial charge in [-0.25, -0.2) is 5.26 Å². The maximum absolute atomic E-state index is 8.29. The number of aryl methyl sites for hydroxylation is 1. The Bertz CT molecular complexity index is 273. The maximum atomic E-state index is 8.29. The molecule has 0 saturated carbocycles. The van der Waals surface area contributed by atoms with Gasteiger partial charge in [-0.05, 0) is 18.6 Å². The van der Waals surface area contributed by atoms with E-state index in [0.29, 0.717) is 5.02 Å². The first-order chi connectivity index (χ1) is 5.16. The van der Waals surface area contributed by atoms with Crippen LogP contribution >= 0.6 is 23.2 Å². The molecular weight excluding hydrogens is 187 g/mol. The number of halogens is 2. The number of rotatable bonds is 1. The van der Waals surface area contributed by atoms with Crippen molar-refractivity contribution in [1.29, 1.82) is 0 Å². The van der Waals surface area contributed by atoms with Gasteiger partial charge in [0.15, 0.2) is 5.75 Å². The summed E-state index contributed by atoms with van der Waals surface area (Å²) in [5.74, 6) is 0.169. The summed E-state index contributed by atoms with van der Waals surface area (Å²) in [6.45, 7) is 1.81. The van der Waals surface area contributed by atoms with Crippen LogP contribution in [-0.2, 0) is 0 Å². The predicted octanol–water partition coefficient (Wildman–Crippen LogP) is 3.15. The van der Waals surface area contributed by atoms with Crippen LogP contribution in [0.15, 0.2) is 12.1 Å². The SMILES string of the molecule is Cc1ccc(OO)c(Cl)c1Cl. The third-order valence-electron chi connectivity index (χ3n) is 1.34. The number of hydrogen-bond acceptors (Lipinski definition) is 2. The summed E-state index contributed by atoms with van der Waals surface area (Å²) < 4.78 is 0. The largest absolute Gasteiger partial charge is 0.339 e. The van der Waals surface area contributed by atoms with Gasteiger partial charge in [0, 0.05) is 0 Å². The van der Waals surface area contributed by atoms with Gasteiger partial charge in [-0.15, -0.1) is 0 Å². The molecule has 4 heteroatoms. The van der Waals surface area contributed by atoms with E-state index in [1.807, 2.05) is 6.92 Å². The Hall–Kier alpha value is -0.440. The van der Waals surface area contributed by atoms with Gasteiger partial charge < -0.3 is 4.89 Å². The highest BCUT2D eigenvalue weighted by atomic mass is 35.5. The second kappa shape index (κ2) is 3.30. The van der Waals surface area contributed by atoms with Crippen molar-refractivity contribution in [1.82, 2.24) is 0 Å². The van der Waals surface area contributed by atoms with Crippen LogP contribution in [0.1, 0.15) is 5.56 Å². The zero-order chi connectivity index (χ0) is 8.43. The lowest BCUT2D eigenvalue weighted by atomic mass is 10.2. The van der Waals surface area contributed by atoms with Gasteiger partial charge in [0.2, 0.25) is 0 Å². The van der Waals surface area contributed by atoms with E-state index < -0.39 is 0 Å². The molecule has 0 fully saturated rings. The highest BCUT2D eigenvalue weighted by Crippen LogP contribution is 2.33. The van der Waals surface area contributed by atoms with Gasteiger partial charge >= 0.3 is 0 Å². The highest BCUT2D eigenvalue weighted by Gasteiger charge is 2.07. The molecule has 0 amide bonds. The molecule has 0 unspecified atom stereocenters. The van der Waals surface area contributed by atoms with Crippen LogP contribution in [0.25, 0.3) is 0 Å². The van der Waals surface area contributed by atoms with Crippen LogP contribution in [0.3, 0.4) is 0 Å². The predicted molar refractivity (Wildman–Crippen MR) is 44.5 cm³/mol.